The van der Waals surface area contributed by atoms with Crippen LogP contribution in [0.25, 0.3) is 0 Å². The van der Waals surface area contributed by atoms with Gasteiger partial charge in [-0.15, -0.1) is 0 Å². The van der Waals surface area contributed by atoms with Gasteiger partial charge >= 0.3 is 0 Å². The van der Waals surface area contributed by atoms with Crippen LogP contribution in [0.15, 0.2) is 0 Å². The van der Waals surface area contributed by atoms with Crippen molar-refractivity contribution in [3.63, 3.8) is 0 Å². The van der Waals surface area contributed by atoms with Crippen molar-refractivity contribution in [1.82, 2.24) is 0 Å². The molecule has 4 aliphatic carbocycles. The zero-order valence-corrected chi connectivity index (χ0v) is 26.2. The molecule has 4 bridgehead atoms. The SMILES string of the molecule is CCC(COCC1CO1)(COCC1CO1)CC1C2CC3CC(C2)CC1(CC(CC)(COCC1CO1)COCC1CO1)C3. The molecule has 0 spiro atoms. The topological polar surface area (TPSA) is 87.0 Å². The smallest absolute Gasteiger partial charge is 0.104 e. The zero-order valence-electron chi connectivity index (χ0n) is 26.2. The quantitative estimate of drug-likeness (QED) is 0.168. The summed E-state index contributed by atoms with van der Waals surface area (Å²) >= 11 is 0. The van der Waals surface area contributed by atoms with E-state index in [9.17, 15) is 0 Å². The second-order valence-electron chi connectivity index (χ2n) is 15.5. The minimum Gasteiger partial charge on any atom is -0.378 e. The van der Waals surface area contributed by atoms with Gasteiger partial charge in [-0.05, 0) is 86.9 Å². The lowest BCUT2D eigenvalue weighted by molar-refractivity contribution is -0.168. The van der Waals surface area contributed by atoms with Crippen molar-refractivity contribution in [1.29, 1.82) is 0 Å². The van der Waals surface area contributed by atoms with Crippen LogP contribution >= 0.6 is 0 Å². The fraction of sp³-hybridized carbons (Fsp3) is 1.00. The third kappa shape index (κ3) is 7.55. The van der Waals surface area contributed by atoms with Gasteiger partial charge in [0.25, 0.3) is 0 Å². The second-order valence-corrected chi connectivity index (χ2v) is 15.5. The van der Waals surface area contributed by atoms with Gasteiger partial charge in [-0.1, -0.05) is 13.8 Å². The molecule has 8 fully saturated rings. The van der Waals surface area contributed by atoms with E-state index >= 15 is 0 Å². The molecule has 8 aliphatic rings. The summed E-state index contributed by atoms with van der Waals surface area (Å²) in [6, 6.07) is 0. The fourth-order valence-corrected chi connectivity index (χ4v) is 9.45. The van der Waals surface area contributed by atoms with Crippen molar-refractivity contribution in [3.8, 4) is 0 Å². The first kappa shape index (κ1) is 30.3. The van der Waals surface area contributed by atoms with Crippen molar-refractivity contribution in [2.24, 2.45) is 39.9 Å². The van der Waals surface area contributed by atoms with Gasteiger partial charge in [-0.25, -0.2) is 0 Å². The monoisotopic (exact) mass is 592 g/mol. The average molecular weight is 593 g/mol. The molecule has 7 atom stereocenters. The molecule has 8 nitrogen and oxygen atoms in total. The van der Waals surface area contributed by atoms with Crippen molar-refractivity contribution in [3.05, 3.63) is 0 Å². The van der Waals surface area contributed by atoms with E-state index in [-0.39, 0.29) is 10.8 Å². The van der Waals surface area contributed by atoms with E-state index in [1.165, 1.54) is 44.9 Å². The molecule has 0 aromatic carbocycles. The molecule has 0 N–H and O–H groups in total. The highest BCUT2D eigenvalue weighted by molar-refractivity contribution is 5.09. The molecule has 4 heterocycles. The minimum atomic E-state index is 0.0161. The number of hydrogen-bond acceptors (Lipinski definition) is 8. The Kier molecular flexibility index (Phi) is 9.26. The normalized spacial score (nSPS) is 41.9. The van der Waals surface area contributed by atoms with Gasteiger partial charge in [0.1, 0.15) is 24.4 Å². The molecule has 8 rings (SSSR count). The van der Waals surface area contributed by atoms with Crippen LogP contribution in [0.5, 0.6) is 0 Å². The molecule has 0 amide bonds. The predicted octanol–water partition coefficient (Wildman–Crippen LogP) is 4.66. The summed E-state index contributed by atoms with van der Waals surface area (Å²) in [5, 5.41) is 0. The molecule has 4 saturated carbocycles. The second kappa shape index (κ2) is 12.8. The van der Waals surface area contributed by atoms with Gasteiger partial charge in [0, 0.05) is 10.8 Å². The molecule has 8 heteroatoms. The maximum Gasteiger partial charge on any atom is 0.104 e. The van der Waals surface area contributed by atoms with Crippen LogP contribution in [0.4, 0.5) is 0 Å². The van der Waals surface area contributed by atoms with E-state index in [1.807, 2.05) is 0 Å². The molecule has 4 saturated heterocycles. The van der Waals surface area contributed by atoms with Gasteiger partial charge in [0.15, 0.2) is 0 Å². The highest BCUT2D eigenvalue weighted by atomic mass is 16.6. The maximum absolute atomic E-state index is 6.42. The first-order chi connectivity index (χ1) is 20.5. The van der Waals surface area contributed by atoms with Crippen molar-refractivity contribution in [2.75, 3.05) is 79.3 Å². The number of ether oxygens (including phenoxy) is 8. The van der Waals surface area contributed by atoms with Gasteiger partial charge < -0.3 is 37.9 Å². The molecular formula is C34H56O8. The summed E-state index contributed by atoms with van der Waals surface area (Å²) in [5.74, 6) is 3.28. The maximum atomic E-state index is 6.42. The van der Waals surface area contributed by atoms with E-state index in [2.05, 4.69) is 13.8 Å². The number of rotatable bonds is 22. The summed E-state index contributed by atoms with van der Waals surface area (Å²) in [6.45, 7) is 14.0. The first-order valence-corrected chi connectivity index (χ1v) is 17.3. The summed E-state index contributed by atoms with van der Waals surface area (Å²) in [6.07, 6.45) is 12.7. The standard InChI is InChI=1S/C34H56O8/c1-3-32(20-35-11-27-15-39-27,21-36-12-28-16-40-28)10-31-26-6-24-5-25(7-26)9-34(31,8-24)19-33(4-2,22-37-13-29-17-41-29)23-38-14-30-18-42-30/h24-31H,3-23H2,1-2H3. The summed E-state index contributed by atoms with van der Waals surface area (Å²) < 4.78 is 47.6. The van der Waals surface area contributed by atoms with Gasteiger partial charge in [0.2, 0.25) is 0 Å². The van der Waals surface area contributed by atoms with E-state index in [4.69, 9.17) is 37.9 Å². The highest BCUT2D eigenvalue weighted by Crippen LogP contribution is 2.68. The lowest BCUT2D eigenvalue weighted by Crippen LogP contribution is -2.57. The number of hydrogen-bond donors (Lipinski definition) is 0. The van der Waals surface area contributed by atoms with Crippen LogP contribution in [0.1, 0.15) is 71.6 Å². The van der Waals surface area contributed by atoms with Crippen molar-refractivity contribution >= 4 is 0 Å². The van der Waals surface area contributed by atoms with Crippen molar-refractivity contribution < 1.29 is 37.9 Å². The summed E-state index contributed by atoms with van der Waals surface area (Å²) in [7, 11) is 0. The van der Waals surface area contributed by atoms with Crippen molar-refractivity contribution in [2.45, 2.75) is 96.1 Å². The largest absolute Gasteiger partial charge is 0.378 e. The van der Waals surface area contributed by atoms with Crippen LogP contribution in [-0.2, 0) is 37.9 Å². The molecule has 0 aromatic heterocycles. The van der Waals surface area contributed by atoms with E-state index in [0.29, 0.717) is 62.2 Å². The predicted molar refractivity (Wildman–Crippen MR) is 156 cm³/mol. The van der Waals surface area contributed by atoms with Gasteiger partial charge in [0.05, 0.1) is 79.3 Å². The average Bonchev–Trinajstić information content (AvgIpc) is 3.80. The Labute approximate surface area is 253 Å². The molecule has 7 unspecified atom stereocenters. The third-order valence-electron chi connectivity index (χ3n) is 12.0. The van der Waals surface area contributed by atoms with Crippen LogP contribution in [0, 0.1) is 39.9 Å². The minimum absolute atomic E-state index is 0.0161. The van der Waals surface area contributed by atoms with Crippen LogP contribution < -0.4 is 0 Å². The van der Waals surface area contributed by atoms with E-state index in [1.54, 1.807) is 0 Å². The molecule has 0 aromatic rings. The molecule has 42 heavy (non-hydrogen) atoms. The lowest BCUT2D eigenvalue weighted by atomic mass is 9.41. The Hall–Kier alpha value is -0.320. The zero-order chi connectivity index (χ0) is 28.6. The molecular weight excluding hydrogens is 536 g/mol. The van der Waals surface area contributed by atoms with E-state index in [0.717, 1.165) is 83.5 Å². The Morgan fingerprint density at radius 2 is 1.00 bits per heavy atom. The van der Waals surface area contributed by atoms with Gasteiger partial charge in [-0.3, -0.25) is 0 Å². The number of epoxide rings is 4. The van der Waals surface area contributed by atoms with E-state index < -0.39 is 0 Å². The van der Waals surface area contributed by atoms with Crippen LogP contribution in [-0.4, -0.2) is 104 Å². The fourth-order valence-electron chi connectivity index (χ4n) is 9.45. The first-order valence-electron chi connectivity index (χ1n) is 17.3. The third-order valence-corrected chi connectivity index (χ3v) is 12.0. The van der Waals surface area contributed by atoms with Crippen LogP contribution in [0.2, 0.25) is 0 Å². The highest BCUT2D eigenvalue weighted by Gasteiger charge is 2.60. The Bertz CT molecular complexity index is 831. The van der Waals surface area contributed by atoms with Gasteiger partial charge in [-0.2, -0.15) is 0 Å². The Morgan fingerprint density at radius 3 is 1.38 bits per heavy atom. The lowest BCUT2D eigenvalue weighted by Gasteiger charge is -2.64. The molecule has 240 valence electrons. The Morgan fingerprint density at radius 1 is 0.595 bits per heavy atom. The van der Waals surface area contributed by atoms with Crippen LogP contribution in [0.3, 0.4) is 0 Å². The summed E-state index contributed by atoms with van der Waals surface area (Å²) in [4.78, 5) is 0. The molecule has 0 radical (unpaired) electrons. The summed E-state index contributed by atoms with van der Waals surface area (Å²) in [5.41, 5.74) is 0.372. The molecule has 4 aliphatic heterocycles. The Balaban J connectivity index is 1.11.